The number of carbonyl (C=O) groups is 1. The van der Waals surface area contributed by atoms with Crippen LogP contribution in [-0.2, 0) is 27.8 Å². The minimum Gasteiger partial charge on any atom is -0.497 e. The maximum absolute atomic E-state index is 14.8. The largest absolute Gasteiger partial charge is 0.497 e. The predicted molar refractivity (Wildman–Crippen MR) is 136 cm³/mol. The highest BCUT2D eigenvalue weighted by molar-refractivity contribution is 7.89. The Morgan fingerprint density at radius 2 is 1.92 bits per heavy atom. The third-order valence-corrected chi connectivity index (χ3v) is 10.4. The van der Waals surface area contributed by atoms with Gasteiger partial charge in [0.1, 0.15) is 23.7 Å². The van der Waals surface area contributed by atoms with Crippen LogP contribution in [0, 0.1) is 11.8 Å². The van der Waals surface area contributed by atoms with Crippen LogP contribution in [0.5, 0.6) is 11.5 Å². The molecule has 2 aliphatic heterocycles. The second-order valence-electron chi connectivity index (χ2n) is 10.8. The molecule has 4 aliphatic rings. The number of halogens is 1. The topological polar surface area (TPSA) is 76.2 Å². The van der Waals surface area contributed by atoms with Gasteiger partial charge >= 0.3 is 0 Å². The van der Waals surface area contributed by atoms with E-state index in [0.29, 0.717) is 24.8 Å². The number of fused-ring (bicyclic) bond motifs is 2. The summed E-state index contributed by atoms with van der Waals surface area (Å²) < 4.78 is 53.9. The molecule has 198 valence electrons. The van der Waals surface area contributed by atoms with Crippen LogP contribution in [0.4, 0.5) is 4.39 Å². The Bertz CT molecular complexity index is 1280. The molecule has 0 N–H and O–H groups in total. The Kier molecular flexibility index (Phi) is 6.39. The molecule has 2 aliphatic carbocycles. The lowest BCUT2D eigenvalue weighted by molar-refractivity contribution is -0.138. The molecule has 7 nitrogen and oxygen atoms in total. The normalized spacial score (nSPS) is 28.8. The quantitative estimate of drug-likeness (QED) is 0.544. The van der Waals surface area contributed by atoms with E-state index in [4.69, 9.17) is 9.47 Å². The molecular formula is C28H33FN2O5S. The average molecular weight is 529 g/mol. The van der Waals surface area contributed by atoms with Crippen molar-refractivity contribution in [1.82, 2.24) is 9.21 Å². The first-order valence-electron chi connectivity index (χ1n) is 13.2. The third kappa shape index (κ3) is 4.72. The first-order valence-corrected chi connectivity index (χ1v) is 14.6. The van der Waals surface area contributed by atoms with E-state index in [1.165, 1.54) is 25.7 Å². The van der Waals surface area contributed by atoms with Crippen LogP contribution in [0.25, 0.3) is 0 Å². The molecule has 2 aromatic rings. The van der Waals surface area contributed by atoms with Crippen molar-refractivity contribution in [2.24, 2.45) is 11.8 Å². The number of sulfonamides is 1. The molecule has 2 heterocycles. The number of alkyl halides is 1. The zero-order valence-electron chi connectivity index (χ0n) is 21.0. The fraction of sp³-hybridized carbons (Fsp3) is 0.536. The summed E-state index contributed by atoms with van der Waals surface area (Å²) in [6, 6.07) is 11.0. The lowest BCUT2D eigenvalue weighted by Gasteiger charge is -2.37. The molecule has 37 heavy (non-hydrogen) atoms. The van der Waals surface area contributed by atoms with Gasteiger partial charge in [-0.25, -0.2) is 12.8 Å². The van der Waals surface area contributed by atoms with Crippen molar-refractivity contribution >= 4 is 15.9 Å². The van der Waals surface area contributed by atoms with E-state index >= 15 is 0 Å². The summed E-state index contributed by atoms with van der Waals surface area (Å²) in [4.78, 5) is 16.0. The molecule has 3 fully saturated rings. The third-order valence-electron chi connectivity index (χ3n) is 8.51. The molecule has 2 saturated carbocycles. The zero-order chi connectivity index (χ0) is 25.7. The van der Waals surface area contributed by atoms with Crippen LogP contribution in [0.2, 0.25) is 0 Å². The Morgan fingerprint density at radius 1 is 1.11 bits per heavy atom. The van der Waals surface area contributed by atoms with Crippen molar-refractivity contribution in [2.45, 2.75) is 68.2 Å². The van der Waals surface area contributed by atoms with Gasteiger partial charge < -0.3 is 14.4 Å². The summed E-state index contributed by atoms with van der Waals surface area (Å²) in [5, 5.41) is 0. The highest BCUT2D eigenvalue weighted by atomic mass is 32.2. The average Bonchev–Trinajstić information content (AvgIpc) is 3.33. The standard InChI is InChI=1S/C28H33FN2O5S/c1-35-24-6-8-25(9-7-24)37(33,34)31-17-22(29)15-26(31)28(32)30(23-5-4-20-13-21(20)14-23)16-18-2-3-19-10-11-36-27(19)12-18/h2-3,6-9,12,20-23,26H,4-5,10-11,13-17H2,1H3/t20-,21-,22-,23+,26-/m0/s1. The Hall–Kier alpha value is -2.65. The van der Waals surface area contributed by atoms with Crippen molar-refractivity contribution in [3.05, 3.63) is 53.6 Å². The van der Waals surface area contributed by atoms with Crippen molar-refractivity contribution in [1.29, 1.82) is 0 Å². The molecule has 1 saturated heterocycles. The fourth-order valence-electron chi connectivity index (χ4n) is 6.32. The number of rotatable bonds is 7. The van der Waals surface area contributed by atoms with E-state index in [2.05, 4.69) is 0 Å². The Balaban J connectivity index is 1.29. The number of nitrogens with zero attached hydrogens (tertiary/aromatic N) is 2. The zero-order valence-corrected chi connectivity index (χ0v) is 21.8. The summed E-state index contributed by atoms with van der Waals surface area (Å²) in [6.45, 7) is 0.702. The second kappa shape index (κ2) is 9.58. The Labute approximate surface area is 217 Å². The first kappa shape index (κ1) is 24.7. The fourth-order valence-corrected chi connectivity index (χ4v) is 7.94. The van der Waals surface area contributed by atoms with E-state index in [9.17, 15) is 17.6 Å². The highest BCUT2D eigenvalue weighted by Crippen LogP contribution is 2.51. The number of ether oxygens (including phenoxy) is 2. The van der Waals surface area contributed by atoms with Crippen molar-refractivity contribution < 1.29 is 27.1 Å². The van der Waals surface area contributed by atoms with Gasteiger partial charge in [-0.05, 0) is 79.0 Å². The molecule has 0 unspecified atom stereocenters. The number of carbonyl (C=O) groups excluding carboxylic acids is 1. The van der Waals surface area contributed by atoms with Gasteiger partial charge in [-0.3, -0.25) is 4.79 Å². The lowest BCUT2D eigenvalue weighted by Crippen LogP contribution is -2.51. The van der Waals surface area contributed by atoms with Gasteiger partial charge in [0.15, 0.2) is 0 Å². The van der Waals surface area contributed by atoms with Gasteiger partial charge in [0.2, 0.25) is 15.9 Å². The molecule has 6 rings (SSSR count). The molecule has 9 heteroatoms. The summed E-state index contributed by atoms with van der Waals surface area (Å²) in [5.74, 6) is 2.47. The van der Waals surface area contributed by atoms with Crippen LogP contribution in [0.3, 0.4) is 0 Å². The van der Waals surface area contributed by atoms with Gasteiger partial charge in [0.05, 0.1) is 18.6 Å². The summed E-state index contributed by atoms with van der Waals surface area (Å²) >= 11 is 0. The van der Waals surface area contributed by atoms with Gasteiger partial charge in [0.25, 0.3) is 0 Å². The van der Waals surface area contributed by atoms with Crippen molar-refractivity contribution in [3.63, 3.8) is 0 Å². The lowest BCUT2D eigenvalue weighted by atomic mass is 9.93. The molecule has 0 spiro atoms. The minimum atomic E-state index is -4.07. The summed E-state index contributed by atoms with van der Waals surface area (Å²) in [7, 11) is -2.57. The molecule has 2 aromatic carbocycles. The first-order chi connectivity index (χ1) is 17.8. The van der Waals surface area contributed by atoms with E-state index in [1.54, 1.807) is 12.1 Å². The number of methoxy groups -OCH3 is 1. The van der Waals surface area contributed by atoms with E-state index < -0.39 is 22.2 Å². The molecule has 0 bridgehead atoms. The summed E-state index contributed by atoms with van der Waals surface area (Å²) in [6.07, 6.45) is 3.46. The van der Waals surface area contributed by atoms with Crippen LogP contribution in [0.15, 0.2) is 47.4 Å². The number of amides is 1. The van der Waals surface area contributed by atoms with E-state index in [1.807, 2.05) is 23.1 Å². The minimum absolute atomic E-state index is 0.0228. The van der Waals surface area contributed by atoms with Gasteiger partial charge in [-0.1, -0.05) is 12.1 Å². The Morgan fingerprint density at radius 3 is 2.68 bits per heavy atom. The SMILES string of the molecule is COc1ccc(S(=O)(=O)N2C[C@@H](F)C[C@H]2C(=O)N(Cc2ccc3c(c2)OCC3)[C@@H]2CC[C@H]3C[C@H]3C2)cc1. The monoisotopic (exact) mass is 528 g/mol. The van der Waals surface area contributed by atoms with Crippen LogP contribution in [0.1, 0.15) is 43.2 Å². The van der Waals surface area contributed by atoms with E-state index in [-0.39, 0.29) is 29.8 Å². The highest BCUT2D eigenvalue weighted by Gasteiger charge is 2.49. The maximum atomic E-state index is 14.8. The molecule has 0 aromatic heterocycles. The van der Waals surface area contributed by atoms with Crippen LogP contribution < -0.4 is 9.47 Å². The maximum Gasteiger partial charge on any atom is 0.243 e. The smallest absolute Gasteiger partial charge is 0.243 e. The summed E-state index contributed by atoms with van der Waals surface area (Å²) in [5.41, 5.74) is 2.11. The molecule has 5 atom stereocenters. The predicted octanol–water partition coefficient (Wildman–Crippen LogP) is 3.95. The van der Waals surface area contributed by atoms with Gasteiger partial charge in [-0.2, -0.15) is 4.31 Å². The number of hydrogen-bond acceptors (Lipinski definition) is 5. The van der Waals surface area contributed by atoms with Crippen LogP contribution >= 0.6 is 0 Å². The van der Waals surface area contributed by atoms with Crippen LogP contribution in [-0.4, -0.2) is 62.0 Å². The molecular weight excluding hydrogens is 495 g/mol. The number of benzene rings is 2. The van der Waals surface area contributed by atoms with Gasteiger partial charge in [0, 0.05) is 32.0 Å². The van der Waals surface area contributed by atoms with Crippen molar-refractivity contribution in [3.8, 4) is 11.5 Å². The van der Waals surface area contributed by atoms with Gasteiger partial charge in [-0.15, -0.1) is 0 Å². The molecule has 1 amide bonds. The van der Waals surface area contributed by atoms with Crippen molar-refractivity contribution in [2.75, 3.05) is 20.3 Å². The molecule has 0 radical (unpaired) electrons. The van der Waals surface area contributed by atoms with E-state index in [0.717, 1.165) is 52.8 Å². The number of hydrogen-bond donors (Lipinski definition) is 0. The second-order valence-corrected chi connectivity index (χ2v) is 12.7.